The van der Waals surface area contributed by atoms with Gasteiger partial charge in [-0.2, -0.15) is 0 Å². The van der Waals surface area contributed by atoms with E-state index < -0.39 is 0 Å². The molecule has 3 heteroatoms. The van der Waals surface area contributed by atoms with E-state index >= 15 is 0 Å². The molecule has 0 saturated heterocycles. The van der Waals surface area contributed by atoms with Gasteiger partial charge in [0, 0.05) is 25.0 Å². The Morgan fingerprint density at radius 3 is 3.00 bits per heavy atom. The van der Waals surface area contributed by atoms with Crippen molar-refractivity contribution in [1.82, 2.24) is 5.32 Å². The predicted molar refractivity (Wildman–Crippen MR) is 72.8 cm³/mol. The van der Waals surface area contributed by atoms with E-state index in [-0.39, 0.29) is 0 Å². The van der Waals surface area contributed by atoms with Gasteiger partial charge in [0.15, 0.2) is 0 Å². The first kappa shape index (κ1) is 12.0. The number of rotatable bonds is 3. The number of para-hydroxylation sites is 1. The van der Waals surface area contributed by atoms with Crippen molar-refractivity contribution in [2.24, 2.45) is 5.73 Å². The molecule has 3 unspecified atom stereocenters. The van der Waals surface area contributed by atoms with Crippen LogP contribution in [0.3, 0.4) is 0 Å². The lowest BCUT2D eigenvalue weighted by atomic mass is 9.91. The summed E-state index contributed by atoms with van der Waals surface area (Å²) in [6.45, 7) is 0.937. The molecule has 0 spiro atoms. The van der Waals surface area contributed by atoms with Crippen LogP contribution in [0.4, 0.5) is 0 Å². The minimum absolute atomic E-state index is 0.292. The molecule has 1 aromatic rings. The van der Waals surface area contributed by atoms with Crippen LogP contribution >= 0.6 is 0 Å². The van der Waals surface area contributed by atoms with Crippen molar-refractivity contribution < 1.29 is 4.74 Å². The molecular weight excluding hydrogens is 224 g/mol. The SMILES string of the molecule is NC1CCCC(NCC2Cc3ccccc3O2)C1. The number of fused-ring (bicyclic) bond motifs is 1. The molecule has 1 fully saturated rings. The first-order valence-electron chi connectivity index (χ1n) is 7.05. The fourth-order valence-corrected chi connectivity index (χ4v) is 3.08. The fraction of sp³-hybridized carbons (Fsp3) is 0.600. The van der Waals surface area contributed by atoms with Gasteiger partial charge in [0.05, 0.1) is 0 Å². The van der Waals surface area contributed by atoms with Gasteiger partial charge in [-0.05, 0) is 30.9 Å². The van der Waals surface area contributed by atoms with Crippen LogP contribution in [0.15, 0.2) is 24.3 Å². The summed E-state index contributed by atoms with van der Waals surface area (Å²) in [7, 11) is 0. The lowest BCUT2D eigenvalue weighted by Crippen LogP contribution is -2.43. The van der Waals surface area contributed by atoms with Gasteiger partial charge in [-0.25, -0.2) is 0 Å². The molecule has 3 nitrogen and oxygen atoms in total. The zero-order chi connectivity index (χ0) is 12.4. The summed E-state index contributed by atoms with van der Waals surface area (Å²) in [5.41, 5.74) is 7.34. The van der Waals surface area contributed by atoms with E-state index in [0.717, 1.165) is 25.1 Å². The average Bonchev–Trinajstić information content (AvgIpc) is 2.79. The normalized spacial score (nSPS) is 30.8. The standard InChI is InChI=1S/C15H22N2O/c16-12-5-3-6-13(9-12)17-10-14-8-11-4-1-2-7-15(11)18-14/h1-2,4,7,12-14,17H,3,5-6,8-10,16H2. The molecule has 0 amide bonds. The van der Waals surface area contributed by atoms with Gasteiger partial charge in [-0.3, -0.25) is 0 Å². The lowest BCUT2D eigenvalue weighted by Gasteiger charge is -2.28. The highest BCUT2D eigenvalue weighted by atomic mass is 16.5. The van der Waals surface area contributed by atoms with E-state index in [1.807, 2.05) is 6.07 Å². The first-order chi connectivity index (χ1) is 8.81. The Kier molecular flexibility index (Phi) is 3.52. The highest BCUT2D eigenvalue weighted by Crippen LogP contribution is 2.28. The molecule has 1 aliphatic heterocycles. The largest absolute Gasteiger partial charge is 0.488 e. The van der Waals surface area contributed by atoms with E-state index in [4.69, 9.17) is 10.5 Å². The number of hydrogen-bond acceptors (Lipinski definition) is 3. The minimum Gasteiger partial charge on any atom is -0.488 e. The van der Waals surface area contributed by atoms with Crippen LogP contribution in [0.1, 0.15) is 31.2 Å². The number of hydrogen-bond donors (Lipinski definition) is 2. The van der Waals surface area contributed by atoms with E-state index in [1.54, 1.807) is 0 Å². The molecule has 1 aliphatic carbocycles. The molecule has 0 radical (unpaired) electrons. The van der Waals surface area contributed by atoms with Crippen molar-refractivity contribution >= 4 is 0 Å². The predicted octanol–water partition coefficient (Wildman–Crippen LogP) is 1.85. The number of nitrogens with one attached hydrogen (secondary N) is 1. The zero-order valence-electron chi connectivity index (χ0n) is 10.8. The Morgan fingerprint density at radius 1 is 1.28 bits per heavy atom. The monoisotopic (exact) mass is 246 g/mol. The fourth-order valence-electron chi connectivity index (χ4n) is 3.08. The third kappa shape index (κ3) is 2.68. The van der Waals surface area contributed by atoms with Crippen LogP contribution in [0.2, 0.25) is 0 Å². The molecule has 3 atom stereocenters. The summed E-state index contributed by atoms with van der Waals surface area (Å²) >= 11 is 0. The van der Waals surface area contributed by atoms with Gasteiger partial charge in [-0.1, -0.05) is 24.6 Å². The number of ether oxygens (including phenoxy) is 1. The highest BCUT2D eigenvalue weighted by molar-refractivity contribution is 5.37. The van der Waals surface area contributed by atoms with Crippen LogP contribution in [-0.2, 0) is 6.42 Å². The Labute approximate surface area is 109 Å². The molecule has 1 heterocycles. The maximum atomic E-state index is 6.01. The number of nitrogens with two attached hydrogens (primary N) is 1. The molecule has 0 aromatic heterocycles. The van der Waals surface area contributed by atoms with Crippen LogP contribution < -0.4 is 15.8 Å². The van der Waals surface area contributed by atoms with Gasteiger partial charge in [0.25, 0.3) is 0 Å². The second kappa shape index (κ2) is 5.29. The molecule has 1 aromatic carbocycles. The molecule has 0 bridgehead atoms. The van der Waals surface area contributed by atoms with Gasteiger partial charge in [0.1, 0.15) is 11.9 Å². The van der Waals surface area contributed by atoms with Crippen LogP contribution in [0.25, 0.3) is 0 Å². The first-order valence-corrected chi connectivity index (χ1v) is 7.05. The van der Waals surface area contributed by atoms with E-state index in [2.05, 4.69) is 23.5 Å². The molecular formula is C15H22N2O. The van der Waals surface area contributed by atoms with Gasteiger partial charge < -0.3 is 15.8 Å². The summed E-state index contributed by atoms with van der Waals surface area (Å²) in [5.74, 6) is 1.06. The Morgan fingerprint density at radius 2 is 2.17 bits per heavy atom. The molecule has 3 rings (SSSR count). The van der Waals surface area contributed by atoms with Crippen LogP contribution in [0, 0.1) is 0 Å². The van der Waals surface area contributed by atoms with Crippen molar-refractivity contribution in [2.75, 3.05) is 6.54 Å². The summed E-state index contributed by atoms with van der Waals surface area (Å²) in [4.78, 5) is 0. The lowest BCUT2D eigenvalue weighted by molar-refractivity contribution is 0.212. The van der Waals surface area contributed by atoms with Gasteiger partial charge in [-0.15, -0.1) is 0 Å². The van der Waals surface area contributed by atoms with Crippen molar-refractivity contribution in [2.45, 2.75) is 50.3 Å². The average molecular weight is 246 g/mol. The third-order valence-corrected chi connectivity index (χ3v) is 4.06. The van der Waals surface area contributed by atoms with E-state index in [9.17, 15) is 0 Å². The number of benzene rings is 1. The Bertz CT molecular complexity index is 382. The van der Waals surface area contributed by atoms with Crippen molar-refractivity contribution in [3.8, 4) is 5.75 Å². The third-order valence-electron chi connectivity index (χ3n) is 4.06. The second-order valence-electron chi connectivity index (χ2n) is 5.58. The molecule has 1 saturated carbocycles. The van der Waals surface area contributed by atoms with Crippen molar-refractivity contribution in [3.05, 3.63) is 29.8 Å². The summed E-state index contributed by atoms with van der Waals surface area (Å²) in [5, 5.41) is 3.62. The quantitative estimate of drug-likeness (QED) is 0.855. The summed E-state index contributed by atoms with van der Waals surface area (Å²) in [6, 6.07) is 9.31. The van der Waals surface area contributed by atoms with Crippen LogP contribution in [0.5, 0.6) is 5.75 Å². The maximum absolute atomic E-state index is 6.01. The zero-order valence-corrected chi connectivity index (χ0v) is 10.8. The van der Waals surface area contributed by atoms with Gasteiger partial charge >= 0.3 is 0 Å². The molecule has 3 N–H and O–H groups in total. The second-order valence-corrected chi connectivity index (χ2v) is 5.58. The van der Waals surface area contributed by atoms with E-state index in [1.165, 1.54) is 24.8 Å². The topological polar surface area (TPSA) is 47.3 Å². The van der Waals surface area contributed by atoms with E-state index in [0.29, 0.717) is 18.2 Å². The van der Waals surface area contributed by atoms with Crippen molar-refractivity contribution in [3.63, 3.8) is 0 Å². The molecule has 18 heavy (non-hydrogen) atoms. The molecule has 2 aliphatic rings. The van der Waals surface area contributed by atoms with Crippen molar-refractivity contribution in [1.29, 1.82) is 0 Å². The van der Waals surface area contributed by atoms with Gasteiger partial charge in [0.2, 0.25) is 0 Å². The smallest absolute Gasteiger partial charge is 0.123 e. The minimum atomic E-state index is 0.292. The molecule has 98 valence electrons. The summed E-state index contributed by atoms with van der Waals surface area (Å²) in [6.07, 6.45) is 6.13. The van der Waals surface area contributed by atoms with Crippen LogP contribution in [-0.4, -0.2) is 24.7 Å². The summed E-state index contributed by atoms with van der Waals surface area (Å²) < 4.78 is 5.93. The maximum Gasteiger partial charge on any atom is 0.123 e. The Hall–Kier alpha value is -1.06. The highest BCUT2D eigenvalue weighted by Gasteiger charge is 2.24. The Balaban J connectivity index is 1.48.